The van der Waals surface area contributed by atoms with Crippen molar-refractivity contribution in [1.29, 1.82) is 0 Å². The van der Waals surface area contributed by atoms with Crippen LogP contribution in [0.1, 0.15) is 21.6 Å². The predicted molar refractivity (Wildman–Crippen MR) is 75.1 cm³/mol. The number of hydrogen-bond acceptors (Lipinski definition) is 4. The second-order valence-corrected chi connectivity index (χ2v) is 4.03. The highest BCUT2D eigenvalue weighted by Crippen LogP contribution is 2.15. The zero-order valence-electron chi connectivity index (χ0n) is 10.9. The summed E-state index contributed by atoms with van der Waals surface area (Å²) in [4.78, 5) is 19.7. The number of carbonyl (C=O) groups excluding carboxylic acids is 1. The molecule has 0 radical (unpaired) electrons. The van der Waals surface area contributed by atoms with Gasteiger partial charge in [0.05, 0.1) is 6.20 Å². The van der Waals surface area contributed by atoms with Crippen molar-refractivity contribution < 1.29 is 9.90 Å². The lowest BCUT2D eigenvalue weighted by Crippen LogP contribution is -2.13. The number of nitrogens with zero attached hydrogens (tertiary/aromatic N) is 2. The average molecular weight is 267 g/mol. The van der Waals surface area contributed by atoms with E-state index in [1.54, 1.807) is 12.1 Å². The van der Waals surface area contributed by atoms with E-state index in [1.807, 2.05) is 13.0 Å². The summed E-state index contributed by atoms with van der Waals surface area (Å²) in [5, 5.41) is 11.4. The average Bonchev–Trinajstić information content (AvgIpc) is 2.47. The number of aliphatic hydroxyl groups is 1. The lowest BCUT2D eigenvalue weighted by atomic mass is 10.1. The highest BCUT2D eigenvalue weighted by Gasteiger charge is 2.07. The van der Waals surface area contributed by atoms with E-state index in [2.05, 4.69) is 27.1 Å². The summed E-state index contributed by atoms with van der Waals surface area (Å²) >= 11 is 0. The van der Waals surface area contributed by atoms with Crippen LogP contribution in [0.2, 0.25) is 0 Å². The normalized spacial score (nSPS) is 9.50. The fraction of sp³-hybridized carbons (Fsp3) is 0.133. The molecule has 0 aliphatic carbocycles. The molecule has 0 spiro atoms. The van der Waals surface area contributed by atoms with Gasteiger partial charge in [-0.25, -0.2) is 4.98 Å². The van der Waals surface area contributed by atoms with E-state index in [0.717, 1.165) is 11.1 Å². The highest BCUT2D eigenvalue weighted by molar-refractivity contribution is 6.02. The Hall–Kier alpha value is -2.71. The molecule has 0 atom stereocenters. The van der Waals surface area contributed by atoms with Crippen molar-refractivity contribution >= 4 is 11.6 Å². The number of aryl methyl sites for hydroxylation is 1. The molecule has 0 bridgehead atoms. The first-order chi connectivity index (χ1) is 9.70. The van der Waals surface area contributed by atoms with Crippen LogP contribution < -0.4 is 5.32 Å². The first-order valence-corrected chi connectivity index (χ1v) is 5.98. The van der Waals surface area contributed by atoms with Crippen LogP contribution in [-0.4, -0.2) is 27.6 Å². The lowest BCUT2D eigenvalue weighted by Gasteiger charge is -2.06. The molecule has 0 saturated carbocycles. The Kier molecular flexibility index (Phi) is 4.43. The van der Waals surface area contributed by atoms with Crippen molar-refractivity contribution in [3.8, 4) is 11.8 Å². The lowest BCUT2D eigenvalue weighted by molar-refractivity contribution is 0.102. The molecule has 0 saturated heterocycles. The fourth-order valence-electron chi connectivity index (χ4n) is 1.63. The highest BCUT2D eigenvalue weighted by atomic mass is 16.2. The molecule has 2 rings (SSSR count). The van der Waals surface area contributed by atoms with E-state index in [0.29, 0.717) is 5.69 Å². The number of aromatic nitrogens is 2. The smallest absolute Gasteiger partial charge is 0.275 e. The van der Waals surface area contributed by atoms with Crippen LogP contribution >= 0.6 is 0 Å². The molecule has 20 heavy (non-hydrogen) atoms. The number of anilines is 1. The number of amides is 1. The van der Waals surface area contributed by atoms with Gasteiger partial charge in [-0.05, 0) is 30.7 Å². The third-order valence-electron chi connectivity index (χ3n) is 2.58. The van der Waals surface area contributed by atoms with E-state index >= 15 is 0 Å². The van der Waals surface area contributed by atoms with E-state index < -0.39 is 0 Å². The van der Waals surface area contributed by atoms with E-state index in [9.17, 15) is 4.79 Å². The fourth-order valence-corrected chi connectivity index (χ4v) is 1.63. The van der Waals surface area contributed by atoms with Crippen molar-refractivity contribution in [2.24, 2.45) is 0 Å². The molecule has 0 aliphatic rings. The van der Waals surface area contributed by atoms with Gasteiger partial charge in [-0.15, -0.1) is 0 Å². The van der Waals surface area contributed by atoms with Crippen LogP contribution in [0, 0.1) is 18.8 Å². The Balaban J connectivity index is 2.15. The minimum atomic E-state index is -0.313. The van der Waals surface area contributed by atoms with Crippen LogP contribution in [0.4, 0.5) is 5.69 Å². The van der Waals surface area contributed by atoms with Crippen LogP contribution in [0.5, 0.6) is 0 Å². The molecule has 0 unspecified atom stereocenters. The van der Waals surface area contributed by atoms with E-state index in [1.165, 1.54) is 18.6 Å². The Labute approximate surface area is 116 Å². The van der Waals surface area contributed by atoms with Crippen LogP contribution in [0.15, 0.2) is 36.8 Å². The zero-order chi connectivity index (χ0) is 14.4. The molecular weight excluding hydrogens is 254 g/mol. The van der Waals surface area contributed by atoms with E-state index in [-0.39, 0.29) is 18.2 Å². The molecular formula is C15H13N3O2. The first-order valence-electron chi connectivity index (χ1n) is 5.98. The van der Waals surface area contributed by atoms with Gasteiger partial charge in [0.15, 0.2) is 0 Å². The van der Waals surface area contributed by atoms with Gasteiger partial charge in [0, 0.05) is 23.6 Å². The van der Waals surface area contributed by atoms with Crippen LogP contribution in [0.25, 0.3) is 0 Å². The van der Waals surface area contributed by atoms with Gasteiger partial charge in [-0.1, -0.05) is 11.8 Å². The SMILES string of the molecule is Cc1cc(NC(=O)c2cnccn2)ccc1C#CCO. The third kappa shape index (κ3) is 3.40. The molecule has 2 aromatic rings. The maximum Gasteiger partial charge on any atom is 0.275 e. The van der Waals surface area contributed by atoms with Crippen molar-refractivity contribution in [1.82, 2.24) is 9.97 Å². The van der Waals surface area contributed by atoms with Gasteiger partial charge in [-0.2, -0.15) is 0 Å². The van der Waals surface area contributed by atoms with Gasteiger partial charge >= 0.3 is 0 Å². The Bertz CT molecular complexity index is 673. The number of nitrogens with one attached hydrogen (secondary N) is 1. The van der Waals surface area contributed by atoms with Gasteiger partial charge < -0.3 is 10.4 Å². The summed E-state index contributed by atoms with van der Waals surface area (Å²) in [5.41, 5.74) is 2.65. The zero-order valence-corrected chi connectivity index (χ0v) is 10.9. The summed E-state index contributed by atoms with van der Waals surface area (Å²) in [6, 6.07) is 5.36. The van der Waals surface area contributed by atoms with Gasteiger partial charge in [0.1, 0.15) is 12.3 Å². The van der Waals surface area contributed by atoms with Crippen molar-refractivity contribution in [3.63, 3.8) is 0 Å². The minimum absolute atomic E-state index is 0.176. The molecule has 100 valence electrons. The number of hydrogen-bond donors (Lipinski definition) is 2. The Morgan fingerprint density at radius 2 is 2.25 bits per heavy atom. The largest absolute Gasteiger partial charge is 0.384 e. The van der Waals surface area contributed by atoms with Crippen molar-refractivity contribution in [2.45, 2.75) is 6.92 Å². The number of aliphatic hydroxyl groups excluding tert-OH is 1. The second kappa shape index (κ2) is 6.45. The molecule has 0 aliphatic heterocycles. The third-order valence-corrected chi connectivity index (χ3v) is 2.58. The summed E-state index contributed by atoms with van der Waals surface area (Å²) in [6.07, 6.45) is 4.38. The standard InChI is InChI=1S/C15H13N3O2/c1-11-9-13(5-4-12(11)3-2-8-19)18-15(20)14-10-16-6-7-17-14/h4-7,9-10,19H,8H2,1H3,(H,18,20). The van der Waals surface area contributed by atoms with Crippen LogP contribution in [0.3, 0.4) is 0 Å². The summed E-state index contributed by atoms with van der Waals surface area (Å²) in [6.45, 7) is 1.71. The molecule has 0 fully saturated rings. The number of rotatable bonds is 2. The maximum absolute atomic E-state index is 11.9. The minimum Gasteiger partial charge on any atom is -0.384 e. The molecule has 1 heterocycles. The monoisotopic (exact) mass is 267 g/mol. The summed E-state index contributed by atoms with van der Waals surface area (Å²) in [5.74, 6) is 5.12. The molecule has 1 amide bonds. The predicted octanol–water partition coefficient (Wildman–Crippen LogP) is 1.38. The van der Waals surface area contributed by atoms with Gasteiger partial charge in [-0.3, -0.25) is 9.78 Å². The van der Waals surface area contributed by atoms with Gasteiger partial charge in [0.25, 0.3) is 5.91 Å². The quantitative estimate of drug-likeness (QED) is 0.806. The molecule has 1 aromatic heterocycles. The van der Waals surface area contributed by atoms with Gasteiger partial charge in [0.2, 0.25) is 0 Å². The molecule has 2 N–H and O–H groups in total. The second-order valence-electron chi connectivity index (χ2n) is 4.03. The van der Waals surface area contributed by atoms with Crippen molar-refractivity contribution in [3.05, 3.63) is 53.6 Å². The maximum atomic E-state index is 11.9. The first kappa shape index (κ1) is 13.7. The van der Waals surface area contributed by atoms with Crippen molar-refractivity contribution in [2.75, 3.05) is 11.9 Å². The topological polar surface area (TPSA) is 75.1 Å². The van der Waals surface area contributed by atoms with Crippen LogP contribution in [-0.2, 0) is 0 Å². The molecule has 5 heteroatoms. The number of carbonyl (C=O) groups is 1. The Morgan fingerprint density at radius 3 is 2.90 bits per heavy atom. The molecule has 1 aromatic carbocycles. The summed E-state index contributed by atoms with van der Waals surface area (Å²) in [7, 11) is 0. The van der Waals surface area contributed by atoms with E-state index in [4.69, 9.17) is 5.11 Å². The summed E-state index contributed by atoms with van der Waals surface area (Å²) < 4.78 is 0. The Morgan fingerprint density at radius 1 is 1.40 bits per heavy atom. The molecule has 5 nitrogen and oxygen atoms in total. The number of benzene rings is 1.